The van der Waals surface area contributed by atoms with Crippen LogP contribution in [0.3, 0.4) is 0 Å². The molecule has 0 unspecified atom stereocenters. The standard InChI is InChI=1S/C21H22N2S.2ClH/c1-2-5-17(6-3-1)18-8-10-19(11-9-18)21(20-7-4-16-24-20)23-14-12-22-13-15-23;;/h1-11,16,21-22H,12-15H2;2*1H/t21-;;/m1../s1. The number of thiophene rings is 1. The van der Waals surface area contributed by atoms with Crippen molar-refractivity contribution in [1.29, 1.82) is 0 Å². The van der Waals surface area contributed by atoms with Crippen LogP contribution in [0.2, 0.25) is 0 Å². The van der Waals surface area contributed by atoms with Crippen LogP contribution in [0.25, 0.3) is 11.1 Å². The van der Waals surface area contributed by atoms with Gasteiger partial charge in [0.05, 0.1) is 6.04 Å². The van der Waals surface area contributed by atoms with E-state index in [4.69, 9.17) is 0 Å². The molecule has 4 rings (SSSR count). The fraction of sp³-hybridized carbons (Fsp3) is 0.238. The van der Waals surface area contributed by atoms with Gasteiger partial charge in [0.1, 0.15) is 0 Å². The predicted octanol–water partition coefficient (Wildman–Crippen LogP) is 5.25. The van der Waals surface area contributed by atoms with Crippen molar-refractivity contribution >= 4 is 36.2 Å². The summed E-state index contributed by atoms with van der Waals surface area (Å²) in [5, 5.41) is 5.64. The van der Waals surface area contributed by atoms with Crippen LogP contribution in [0.15, 0.2) is 72.1 Å². The summed E-state index contributed by atoms with van der Waals surface area (Å²) in [6.45, 7) is 4.35. The number of nitrogens with zero attached hydrogens (tertiary/aromatic N) is 1. The smallest absolute Gasteiger partial charge is 0.0696 e. The summed E-state index contributed by atoms with van der Waals surface area (Å²) in [6.07, 6.45) is 0. The largest absolute Gasteiger partial charge is 0.314 e. The first-order valence-corrected chi connectivity index (χ1v) is 9.43. The van der Waals surface area contributed by atoms with Gasteiger partial charge in [-0.3, -0.25) is 4.90 Å². The van der Waals surface area contributed by atoms with Crippen LogP contribution in [0.4, 0.5) is 0 Å². The molecule has 0 amide bonds. The van der Waals surface area contributed by atoms with Crippen molar-refractivity contribution in [3.63, 3.8) is 0 Å². The van der Waals surface area contributed by atoms with Gasteiger partial charge in [-0.15, -0.1) is 36.2 Å². The normalized spacial score (nSPS) is 15.5. The number of hydrogen-bond acceptors (Lipinski definition) is 3. The summed E-state index contributed by atoms with van der Waals surface area (Å²) in [6, 6.07) is 24.5. The molecule has 1 atom stereocenters. The summed E-state index contributed by atoms with van der Waals surface area (Å²) in [5.74, 6) is 0. The average molecular weight is 407 g/mol. The molecule has 0 aliphatic carbocycles. The van der Waals surface area contributed by atoms with Crippen molar-refractivity contribution in [2.45, 2.75) is 6.04 Å². The van der Waals surface area contributed by atoms with Gasteiger partial charge in [0, 0.05) is 31.1 Å². The number of nitrogens with one attached hydrogen (secondary N) is 1. The van der Waals surface area contributed by atoms with Crippen molar-refractivity contribution in [1.82, 2.24) is 10.2 Å². The topological polar surface area (TPSA) is 15.3 Å². The molecular weight excluding hydrogens is 383 g/mol. The zero-order chi connectivity index (χ0) is 16.2. The van der Waals surface area contributed by atoms with Gasteiger partial charge in [-0.2, -0.15) is 0 Å². The first-order chi connectivity index (χ1) is 11.9. The van der Waals surface area contributed by atoms with Gasteiger partial charge >= 0.3 is 0 Å². The molecule has 5 heteroatoms. The molecule has 0 spiro atoms. The third kappa shape index (κ3) is 4.67. The molecule has 1 N–H and O–H groups in total. The first kappa shape index (κ1) is 20.9. The SMILES string of the molecule is Cl.Cl.c1ccc(-c2ccc([C@H](c3cccs3)N3CCNCC3)cc2)cc1. The van der Waals surface area contributed by atoms with E-state index in [2.05, 4.69) is 82.3 Å². The van der Waals surface area contributed by atoms with Gasteiger partial charge in [0.2, 0.25) is 0 Å². The summed E-state index contributed by atoms with van der Waals surface area (Å²) >= 11 is 1.86. The number of benzene rings is 2. The third-order valence-electron chi connectivity index (χ3n) is 4.66. The highest BCUT2D eigenvalue weighted by Crippen LogP contribution is 2.33. The van der Waals surface area contributed by atoms with Crippen LogP contribution in [0, 0.1) is 0 Å². The molecule has 0 bridgehead atoms. The molecule has 0 radical (unpaired) electrons. The van der Waals surface area contributed by atoms with Crippen LogP contribution in [-0.4, -0.2) is 31.1 Å². The van der Waals surface area contributed by atoms with E-state index in [1.165, 1.54) is 21.6 Å². The predicted molar refractivity (Wildman–Crippen MR) is 117 cm³/mol. The zero-order valence-corrected chi connectivity index (χ0v) is 17.0. The number of rotatable bonds is 4. The fourth-order valence-electron chi connectivity index (χ4n) is 3.43. The molecular formula is C21H24Cl2N2S. The number of hydrogen-bond donors (Lipinski definition) is 1. The Balaban J connectivity index is 0.00000121. The van der Waals surface area contributed by atoms with Gasteiger partial charge in [0.15, 0.2) is 0 Å². The molecule has 3 aromatic rings. The summed E-state index contributed by atoms with van der Waals surface area (Å²) in [7, 11) is 0. The van der Waals surface area contributed by atoms with Crippen LogP contribution in [-0.2, 0) is 0 Å². The number of halogens is 2. The minimum atomic E-state index is 0. The Morgan fingerprint density at radius 1 is 0.769 bits per heavy atom. The summed E-state index contributed by atoms with van der Waals surface area (Å²) < 4.78 is 0. The lowest BCUT2D eigenvalue weighted by Gasteiger charge is -2.34. The molecule has 1 aliphatic rings. The van der Waals surface area contributed by atoms with Gasteiger partial charge in [0.25, 0.3) is 0 Å². The van der Waals surface area contributed by atoms with Crippen LogP contribution in [0.5, 0.6) is 0 Å². The van der Waals surface area contributed by atoms with Crippen LogP contribution < -0.4 is 5.32 Å². The highest BCUT2D eigenvalue weighted by molar-refractivity contribution is 7.10. The van der Waals surface area contributed by atoms with E-state index in [1.54, 1.807) is 0 Å². The van der Waals surface area contributed by atoms with E-state index in [9.17, 15) is 0 Å². The Labute approximate surface area is 172 Å². The van der Waals surface area contributed by atoms with Crippen molar-refractivity contribution in [3.8, 4) is 11.1 Å². The van der Waals surface area contributed by atoms with E-state index in [0.29, 0.717) is 6.04 Å². The molecule has 26 heavy (non-hydrogen) atoms. The Bertz CT molecular complexity index is 754. The van der Waals surface area contributed by atoms with Crippen molar-refractivity contribution < 1.29 is 0 Å². The molecule has 2 nitrogen and oxygen atoms in total. The second-order valence-corrected chi connectivity index (χ2v) is 7.17. The third-order valence-corrected chi connectivity index (χ3v) is 5.59. The van der Waals surface area contributed by atoms with E-state index < -0.39 is 0 Å². The Hall–Kier alpha value is -1.36. The van der Waals surface area contributed by atoms with E-state index in [-0.39, 0.29) is 24.8 Å². The molecule has 1 fully saturated rings. The van der Waals surface area contributed by atoms with Gasteiger partial charge in [-0.1, -0.05) is 60.7 Å². The molecule has 138 valence electrons. The second kappa shape index (κ2) is 10.1. The maximum atomic E-state index is 3.46. The van der Waals surface area contributed by atoms with E-state index in [1.807, 2.05) is 11.3 Å². The van der Waals surface area contributed by atoms with Crippen molar-refractivity contribution in [2.75, 3.05) is 26.2 Å². The fourth-order valence-corrected chi connectivity index (χ4v) is 4.32. The minimum absolute atomic E-state index is 0. The monoisotopic (exact) mass is 406 g/mol. The molecule has 1 aliphatic heterocycles. The maximum absolute atomic E-state index is 3.46. The van der Waals surface area contributed by atoms with Crippen LogP contribution in [0.1, 0.15) is 16.5 Å². The minimum Gasteiger partial charge on any atom is -0.314 e. The van der Waals surface area contributed by atoms with Crippen molar-refractivity contribution in [3.05, 3.63) is 82.6 Å². The summed E-state index contributed by atoms with van der Waals surface area (Å²) in [4.78, 5) is 4.03. The van der Waals surface area contributed by atoms with Gasteiger partial charge in [-0.25, -0.2) is 0 Å². The number of piperazine rings is 1. The highest BCUT2D eigenvalue weighted by atomic mass is 35.5. The van der Waals surface area contributed by atoms with Gasteiger partial charge < -0.3 is 5.32 Å². The Kier molecular flexibility index (Phi) is 8.14. The van der Waals surface area contributed by atoms with E-state index in [0.717, 1.165) is 26.2 Å². The molecule has 2 heterocycles. The molecule has 1 aromatic heterocycles. The second-order valence-electron chi connectivity index (χ2n) is 6.19. The van der Waals surface area contributed by atoms with E-state index >= 15 is 0 Å². The van der Waals surface area contributed by atoms with Crippen LogP contribution >= 0.6 is 36.2 Å². The van der Waals surface area contributed by atoms with Gasteiger partial charge in [-0.05, 0) is 28.1 Å². The molecule has 2 aromatic carbocycles. The lowest BCUT2D eigenvalue weighted by atomic mass is 9.98. The molecule has 1 saturated heterocycles. The zero-order valence-electron chi connectivity index (χ0n) is 14.5. The first-order valence-electron chi connectivity index (χ1n) is 8.55. The lowest BCUT2D eigenvalue weighted by Crippen LogP contribution is -2.45. The Morgan fingerprint density at radius 3 is 2.04 bits per heavy atom. The highest BCUT2D eigenvalue weighted by Gasteiger charge is 2.24. The average Bonchev–Trinajstić information content (AvgIpc) is 3.18. The lowest BCUT2D eigenvalue weighted by molar-refractivity contribution is 0.200. The van der Waals surface area contributed by atoms with Crippen molar-refractivity contribution in [2.24, 2.45) is 0 Å². The quantitative estimate of drug-likeness (QED) is 0.635. The Morgan fingerprint density at radius 2 is 1.42 bits per heavy atom. The molecule has 0 saturated carbocycles. The maximum Gasteiger partial charge on any atom is 0.0696 e. The summed E-state index contributed by atoms with van der Waals surface area (Å²) in [5.41, 5.74) is 3.95.